The van der Waals surface area contributed by atoms with E-state index < -0.39 is 5.60 Å². The van der Waals surface area contributed by atoms with Gasteiger partial charge in [-0.25, -0.2) is 4.79 Å². The molecule has 1 aliphatic heterocycles. The van der Waals surface area contributed by atoms with Crippen molar-refractivity contribution >= 4 is 6.09 Å². The molecule has 0 aliphatic carbocycles. The van der Waals surface area contributed by atoms with Gasteiger partial charge < -0.3 is 14.4 Å². The van der Waals surface area contributed by atoms with Gasteiger partial charge in [0.2, 0.25) is 0 Å². The summed E-state index contributed by atoms with van der Waals surface area (Å²) in [5.74, 6) is 0.492. The van der Waals surface area contributed by atoms with E-state index in [0.717, 1.165) is 49.4 Å². The maximum Gasteiger partial charge on any atom is 0.410 e. The van der Waals surface area contributed by atoms with Crippen molar-refractivity contribution in [3.05, 3.63) is 54.2 Å². The molecule has 1 aromatic carbocycles. The second-order valence-electron chi connectivity index (χ2n) is 8.34. The average molecular weight is 383 g/mol. The molecule has 1 aromatic heterocycles. The minimum absolute atomic E-state index is 0.208. The van der Waals surface area contributed by atoms with Crippen LogP contribution < -0.4 is 0 Å². The first-order valence-corrected chi connectivity index (χ1v) is 9.97. The van der Waals surface area contributed by atoms with Crippen LogP contribution in [0.4, 0.5) is 4.79 Å². The third-order valence-electron chi connectivity index (χ3n) is 4.80. The number of likely N-dealkylation sites (tertiary alicyclic amines) is 1. The van der Waals surface area contributed by atoms with Gasteiger partial charge in [0.15, 0.2) is 0 Å². The van der Waals surface area contributed by atoms with Crippen LogP contribution in [0.15, 0.2) is 48.7 Å². The average Bonchev–Trinajstić information content (AvgIpc) is 2.68. The van der Waals surface area contributed by atoms with Gasteiger partial charge in [-0.05, 0) is 57.2 Å². The largest absolute Gasteiger partial charge is 0.444 e. The van der Waals surface area contributed by atoms with Crippen LogP contribution in [0, 0.1) is 5.92 Å². The van der Waals surface area contributed by atoms with E-state index in [0.29, 0.717) is 12.5 Å². The molecule has 0 atom stereocenters. The molecule has 2 heterocycles. The number of hydrogen-bond donors (Lipinski definition) is 0. The second kappa shape index (κ2) is 9.20. The lowest BCUT2D eigenvalue weighted by Crippen LogP contribution is -2.42. The zero-order chi connectivity index (χ0) is 20.0. The van der Waals surface area contributed by atoms with E-state index in [-0.39, 0.29) is 6.09 Å². The minimum Gasteiger partial charge on any atom is -0.444 e. The van der Waals surface area contributed by atoms with E-state index in [1.807, 2.05) is 39.0 Å². The van der Waals surface area contributed by atoms with Gasteiger partial charge in [-0.3, -0.25) is 4.98 Å². The quantitative estimate of drug-likeness (QED) is 0.737. The summed E-state index contributed by atoms with van der Waals surface area (Å²) in [7, 11) is 0. The zero-order valence-corrected chi connectivity index (χ0v) is 17.1. The number of amides is 1. The van der Waals surface area contributed by atoms with Gasteiger partial charge in [-0.15, -0.1) is 0 Å². The standard InChI is InChI=1S/C23H30N2O3/c1-23(2,3)28-22(26)25-14-11-19(12-15-25)17-27-16-18-7-9-20(10-8-18)21-6-4-5-13-24-21/h4-10,13,19H,11-12,14-17H2,1-3H3. The van der Waals surface area contributed by atoms with Gasteiger partial charge in [0.05, 0.1) is 12.3 Å². The Hall–Kier alpha value is -2.40. The summed E-state index contributed by atoms with van der Waals surface area (Å²) >= 11 is 0. The second-order valence-corrected chi connectivity index (χ2v) is 8.34. The van der Waals surface area contributed by atoms with Crippen molar-refractivity contribution in [2.24, 2.45) is 5.92 Å². The Morgan fingerprint density at radius 3 is 2.43 bits per heavy atom. The number of rotatable bonds is 5. The number of hydrogen-bond acceptors (Lipinski definition) is 4. The third-order valence-corrected chi connectivity index (χ3v) is 4.80. The molecule has 1 amide bonds. The van der Waals surface area contributed by atoms with Crippen LogP contribution in [0.3, 0.4) is 0 Å². The molecule has 0 spiro atoms. The number of aromatic nitrogens is 1. The van der Waals surface area contributed by atoms with E-state index in [1.54, 1.807) is 11.1 Å². The summed E-state index contributed by atoms with van der Waals surface area (Å²) in [5, 5.41) is 0. The Morgan fingerprint density at radius 1 is 1.11 bits per heavy atom. The van der Waals surface area contributed by atoms with E-state index in [2.05, 4.69) is 29.2 Å². The van der Waals surface area contributed by atoms with Crippen LogP contribution in [0.1, 0.15) is 39.2 Å². The van der Waals surface area contributed by atoms with Crippen LogP contribution in [-0.4, -0.2) is 41.3 Å². The summed E-state index contributed by atoms with van der Waals surface area (Å²) in [6.45, 7) is 8.50. The lowest BCUT2D eigenvalue weighted by Gasteiger charge is -2.33. The third kappa shape index (κ3) is 6.06. The number of nitrogens with zero attached hydrogens (tertiary/aromatic N) is 2. The van der Waals surface area contributed by atoms with Crippen molar-refractivity contribution in [3.63, 3.8) is 0 Å². The summed E-state index contributed by atoms with van der Waals surface area (Å²) in [6.07, 6.45) is 3.51. The first kappa shape index (κ1) is 20.3. The van der Waals surface area contributed by atoms with Crippen molar-refractivity contribution in [2.45, 2.75) is 45.8 Å². The Kier molecular flexibility index (Phi) is 6.68. The molecule has 0 N–H and O–H groups in total. The van der Waals surface area contributed by atoms with E-state index in [1.165, 1.54) is 0 Å². The van der Waals surface area contributed by atoms with E-state index >= 15 is 0 Å². The zero-order valence-electron chi connectivity index (χ0n) is 17.1. The minimum atomic E-state index is -0.441. The highest BCUT2D eigenvalue weighted by Gasteiger charge is 2.26. The molecule has 5 heteroatoms. The van der Waals surface area contributed by atoms with Gasteiger partial charge in [0, 0.05) is 31.5 Å². The Bertz CT molecular complexity index is 746. The van der Waals surface area contributed by atoms with Crippen LogP contribution >= 0.6 is 0 Å². The van der Waals surface area contributed by atoms with Gasteiger partial charge in [0.25, 0.3) is 0 Å². The molecule has 0 radical (unpaired) electrons. The molecular weight excluding hydrogens is 352 g/mol. The van der Waals surface area contributed by atoms with Crippen molar-refractivity contribution < 1.29 is 14.3 Å². The molecule has 28 heavy (non-hydrogen) atoms. The fourth-order valence-corrected chi connectivity index (χ4v) is 3.26. The van der Waals surface area contributed by atoms with Crippen molar-refractivity contribution in [1.29, 1.82) is 0 Å². The van der Waals surface area contributed by atoms with Gasteiger partial charge in [-0.1, -0.05) is 30.3 Å². The maximum absolute atomic E-state index is 12.1. The molecule has 5 nitrogen and oxygen atoms in total. The summed E-state index contributed by atoms with van der Waals surface area (Å²) < 4.78 is 11.4. The molecular formula is C23H30N2O3. The molecule has 1 aliphatic rings. The van der Waals surface area contributed by atoms with Gasteiger partial charge >= 0.3 is 6.09 Å². The van der Waals surface area contributed by atoms with Crippen molar-refractivity contribution in [3.8, 4) is 11.3 Å². The highest BCUT2D eigenvalue weighted by Crippen LogP contribution is 2.21. The van der Waals surface area contributed by atoms with Gasteiger partial charge in [-0.2, -0.15) is 0 Å². The number of benzene rings is 1. The Balaban J connectivity index is 1.39. The number of piperidine rings is 1. The number of ether oxygens (including phenoxy) is 2. The monoisotopic (exact) mass is 382 g/mol. The number of pyridine rings is 1. The molecule has 1 fully saturated rings. The van der Waals surface area contributed by atoms with Crippen molar-refractivity contribution in [1.82, 2.24) is 9.88 Å². The summed E-state index contributed by atoms with van der Waals surface area (Å²) in [4.78, 5) is 18.3. The molecule has 0 saturated carbocycles. The smallest absolute Gasteiger partial charge is 0.410 e. The predicted octanol–water partition coefficient (Wildman–Crippen LogP) is 4.91. The molecule has 150 valence electrons. The maximum atomic E-state index is 12.1. The summed E-state index contributed by atoms with van der Waals surface area (Å²) in [6, 6.07) is 14.3. The fourth-order valence-electron chi connectivity index (χ4n) is 3.26. The number of carbonyl (C=O) groups excluding carboxylic acids is 1. The van der Waals surface area contributed by atoms with Crippen LogP contribution in [-0.2, 0) is 16.1 Å². The summed E-state index contributed by atoms with van der Waals surface area (Å²) in [5.41, 5.74) is 2.81. The molecule has 0 bridgehead atoms. The SMILES string of the molecule is CC(C)(C)OC(=O)N1CCC(COCc2ccc(-c3ccccn3)cc2)CC1. The van der Waals surface area contributed by atoms with E-state index in [4.69, 9.17) is 9.47 Å². The lowest BCUT2D eigenvalue weighted by atomic mass is 9.98. The Labute approximate surface area is 167 Å². The first-order valence-electron chi connectivity index (χ1n) is 9.97. The molecule has 0 unspecified atom stereocenters. The first-order chi connectivity index (χ1) is 13.4. The molecule has 2 aromatic rings. The number of carbonyl (C=O) groups is 1. The van der Waals surface area contributed by atoms with Crippen LogP contribution in [0.2, 0.25) is 0 Å². The fraction of sp³-hybridized carbons (Fsp3) is 0.478. The topological polar surface area (TPSA) is 51.7 Å². The molecule has 1 saturated heterocycles. The molecule has 3 rings (SSSR count). The van der Waals surface area contributed by atoms with Crippen molar-refractivity contribution in [2.75, 3.05) is 19.7 Å². The van der Waals surface area contributed by atoms with Crippen LogP contribution in [0.5, 0.6) is 0 Å². The predicted molar refractivity (Wildman–Crippen MR) is 110 cm³/mol. The lowest BCUT2D eigenvalue weighted by molar-refractivity contribution is 0.0105. The highest BCUT2D eigenvalue weighted by molar-refractivity contribution is 5.68. The van der Waals surface area contributed by atoms with Crippen LogP contribution in [0.25, 0.3) is 11.3 Å². The van der Waals surface area contributed by atoms with E-state index in [9.17, 15) is 4.79 Å². The van der Waals surface area contributed by atoms with Gasteiger partial charge in [0.1, 0.15) is 5.60 Å². The Morgan fingerprint density at radius 2 is 1.82 bits per heavy atom. The normalized spacial score (nSPS) is 15.5. The highest BCUT2D eigenvalue weighted by atomic mass is 16.6.